The molecule has 0 aliphatic carbocycles. The molecule has 0 atom stereocenters. The lowest BCUT2D eigenvalue weighted by Gasteiger charge is -1.87. The molecule has 0 aliphatic heterocycles. The molecule has 0 saturated heterocycles. The van der Waals surface area contributed by atoms with Crippen LogP contribution in [0.4, 0.5) is 0 Å². The minimum absolute atomic E-state index is 0.176. The third-order valence-corrected chi connectivity index (χ3v) is 0.888. The SMILES string of the molecule is C#CCCCC(=O)N=C. The summed E-state index contributed by atoms with van der Waals surface area (Å²) in [6, 6.07) is 0. The highest BCUT2D eigenvalue weighted by Crippen LogP contribution is 1.94. The summed E-state index contributed by atoms with van der Waals surface area (Å²) in [7, 11) is 0. The van der Waals surface area contributed by atoms with E-state index in [0.717, 1.165) is 0 Å². The largest absolute Gasteiger partial charge is 0.273 e. The molecule has 0 aromatic heterocycles. The molecule has 48 valence electrons. The second kappa shape index (κ2) is 5.04. The Kier molecular flexibility index (Phi) is 4.43. The van der Waals surface area contributed by atoms with Crippen LogP contribution in [-0.4, -0.2) is 12.6 Å². The van der Waals surface area contributed by atoms with Gasteiger partial charge in [0.05, 0.1) is 0 Å². The predicted molar refractivity (Wildman–Crippen MR) is 37.2 cm³/mol. The van der Waals surface area contributed by atoms with Gasteiger partial charge in [-0.05, 0) is 13.1 Å². The Balaban J connectivity index is 3.19. The lowest BCUT2D eigenvalue weighted by molar-refractivity contribution is -0.117. The Bertz CT molecular complexity index is 143. The first-order valence-electron chi connectivity index (χ1n) is 2.74. The first-order valence-corrected chi connectivity index (χ1v) is 2.74. The lowest BCUT2D eigenvalue weighted by Crippen LogP contribution is -1.90. The van der Waals surface area contributed by atoms with Crippen molar-refractivity contribution in [2.45, 2.75) is 19.3 Å². The minimum atomic E-state index is -0.176. The average Bonchev–Trinajstić information content (AvgIpc) is 1.89. The van der Waals surface area contributed by atoms with Crippen molar-refractivity contribution < 1.29 is 4.79 Å². The van der Waals surface area contributed by atoms with Crippen LogP contribution in [0.5, 0.6) is 0 Å². The van der Waals surface area contributed by atoms with Crippen LogP contribution in [0.25, 0.3) is 0 Å². The summed E-state index contributed by atoms with van der Waals surface area (Å²) < 4.78 is 0. The average molecular weight is 123 g/mol. The molecular weight excluding hydrogens is 114 g/mol. The molecule has 2 nitrogen and oxygen atoms in total. The highest BCUT2D eigenvalue weighted by atomic mass is 16.1. The van der Waals surface area contributed by atoms with Gasteiger partial charge in [-0.2, -0.15) is 0 Å². The minimum Gasteiger partial charge on any atom is -0.273 e. The summed E-state index contributed by atoms with van der Waals surface area (Å²) in [5.41, 5.74) is 0. The Morgan fingerprint density at radius 2 is 2.44 bits per heavy atom. The molecule has 0 unspecified atom stereocenters. The van der Waals surface area contributed by atoms with Gasteiger partial charge in [-0.25, -0.2) is 4.99 Å². The van der Waals surface area contributed by atoms with Crippen molar-refractivity contribution in [2.24, 2.45) is 4.99 Å². The van der Waals surface area contributed by atoms with Crippen molar-refractivity contribution in [3.8, 4) is 12.3 Å². The Hall–Kier alpha value is -1.10. The van der Waals surface area contributed by atoms with E-state index < -0.39 is 0 Å². The lowest BCUT2D eigenvalue weighted by atomic mass is 10.2. The highest BCUT2D eigenvalue weighted by Gasteiger charge is 1.93. The van der Waals surface area contributed by atoms with Crippen molar-refractivity contribution in [3.05, 3.63) is 0 Å². The van der Waals surface area contributed by atoms with E-state index in [4.69, 9.17) is 6.42 Å². The number of nitrogens with zero attached hydrogens (tertiary/aromatic N) is 1. The number of aliphatic imine (C=N–C) groups is 1. The third kappa shape index (κ3) is 4.76. The van der Waals surface area contributed by atoms with Gasteiger partial charge >= 0.3 is 0 Å². The van der Waals surface area contributed by atoms with E-state index in [0.29, 0.717) is 19.3 Å². The highest BCUT2D eigenvalue weighted by molar-refractivity contribution is 5.80. The van der Waals surface area contributed by atoms with Gasteiger partial charge in [0.25, 0.3) is 0 Å². The standard InChI is InChI=1S/C7H9NO/c1-3-4-5-6-7(9)8-2/h1H,2,4-6H2. The zero-order valence-electron chi connectivity index (χ0n) is 5.26. The molecule has 0 aromatic rings. The second-order valence-corrected chi connectivity index (χ2v) is 1.61. The first-order chi connectivity index (χ1) is 4.31. The number of rotatable bonds is 3. The van der Waals surface area contributed by atoms with E-state index in [2.05, 4.69) is 17.6 Å². The molecule has 0 radical (unpaired) electrons. The fraction of sp³-hybridized carbons (Fsp3) is 0.429. The number of hydrogen-bond acceptors (Lipinski definition) is 1. The van der Waals surface area contributed by atoms with Gasteiger partial charge in [0.2, 0.25) is 5.91 Å². The van der Waals surface area contributed by atoms with Crippen LogP contribution in [0.15, 0.2) is 4.99 Å². The normalized spacial score (nSPS) is 7.89. The maximum Gasteiger partial charge on any atom is 0.245 e. The number of terminal acetylenes is 1. The number of carbonyl (C=O) groups is 1. The Morgan fingerprint density at radius 1 is 1.78 bits per heavy atom. The summed E-state index contributed by atoms with van der Waals surface area (Å²) in [6.07, 6.45) is 6.73. The van der Waals surface area contributed by atoms with Gasteiger partial charge in [0.1, 0.15) is 0 Å². The summed E-state index contributed by atoms with van der Waals surface area (Å²) in [5.74, 6) is 2.26. The monoisotopic (exact) mass is 123 g/mol. The van der Waals surface area contributed by atoms with Crippen molar-refractivity contribution in [1.29, 1.82) is 0 Å². The number of unbranched alkanes of at least 4 members (excludes halogenated alkanes) is 1. The Labute approximate surface area is 55.0 Å². The molecule has 0 aliphatic rings. The van der Waals surface area contributed by atoms with Crippen molar-refractivity contribution >= 4 is 12.6 Å². The second-order valence-electron chi connectivity index (χ2n) is 1.61. The van der Waals surface area contributed by atoms with E-state index >= 15 is 0 Å². The summed E-state index contributed by atoms with van der Waals surface area (Å²) in [5, 5.41) is 0. The van der Waals surface area contributed by atoms with Gasteiger partial charge < -0.3 is 0 Å². The Morgan fingerprint density at radius 3 is 2.89 bits per heavy atom. The van der Waals surface area contributed by atoms with E-state index in [1.807, 2.05) is 0 Å². The van der Waals surface area contributed by atoms with Gasteiger partial charge in [-0.15, -0.1) is 12.3 Å². The molecule has 0 saturated carbocycles. The van der Waals surface area contributed by atoms with Crippen molar-refractivity contribution in [3.63, 3.8) is 0 Å². The fourth-order valence-electron chi connectivity index (χ4n) is 0.421. The van der Waals surface area contributed by atoms with Crippen molar-refractivity contribution in [1.82, 2.24) is 0 Å². The molecule has 0 N–H and O–H groups in total. The van der Waals surface area contributed by atoms with Crippen LogP contribution in [0.2, 0.25) is 0 Å². The van der Waals surface area contributed by atoms with E-state index in [9.17, 15) is 4.79 Å². The summed E-state index contributed by atoms with van der Waals surface area (Å²) >= 11 is 0. The van der Waals surface area contributed by atoms with Gasteiger partial charge in [0.15, 0.2) is 0 Å². The summed E-state index contributed by atoms with van der Waals surface area (Å²) in [6.45, 7) is 3.09. The quantitative estimate of drug-likeness (QED) is 0.313. The molecule has 9 heavy (non-hydrogen) atoms. The molecule has 0 aromatic carbocycles. The first kappa shape index (κ1) is 7.90. The van der Waals surface area contributed by atoms with Gasteiger partial charge in [-0.3, -0.25) is 4.79 Å². The maximum atomic E-state index is 10.4. The molecule has 0 rings (SSSR count). The molecular formula is C7H9NO. The van der Waals surface area contributed by atoms with Gasteiger partial charge in [-0.1, -0.05) is 0 Å². The topological polar surface area (TPSA) is 29.4 Å². The predicted octanol–water partition coefficient (Wildman–Crippen LogP) is 1.02. The van der Waals surface area contributed by atoms with Crippen LogP contribution in [0.1, 0.15) is 19.3 Å². The third-order valence-electron chi connectivity index (χ3n) is 0.888. The van der Waals surface area contributed by atoms with E-state index in [1.165, 1.54) is 0 Å². The number of carbonyl (C=O) groups excluding carboxylic acids is 1. The molecule has 0 bridgehead atoms. The molecule has 2 heteroatoms. The van der Waals surface area contributed by atoms with Crippen LogP contribution in [0.3, 0.4) is 0 Å². The number of amides is 1. The van der Waals surface area contributed by atoms with Crippen molar-refractivity contribution in [2.75, 3.05) is 0 Å². The zero-order chi connectivity index (χ0) is 7.11. The zero-order valence-corrected chi connectivity index (χ0v) is 5.26. The fourth-order valence-corrected chi connectivity index (χ4v) is 0.421. The van der Waals surface area contributed by atoms with E-state index in [1.54, 1.807) is 0 Å². The summed E-state index contributed by atoms with van der Waals surface area (Å²) in [4.78, 5) is 13.6. The molecule has 1 amide bonds. The maximum absolute atomic E-state index is 10.4. The van der Waals surface area contributed by atoms with Crippen LogP contribution < -0.4 is 0 Å². The van der Waals surface area contributed by atoms with Crippen LogP contribution in [0, 0.1) is 12.3 Å². The van der Waals surface area contributed by atoms with Crippen LogP contribution >= 0.6 is 0 Å². The molecule has 0 fully saturated rings. The van der Waals surface area contributed by atoms with Crippen LogP contribution in [-0.2, 0) is 4.79 Å². The molecule has 0 heterocycles. The molecule has 0 spiro atoms. The van der Waals surface area contributed by atoms with E-state index in [-0.39, 0.29) is 5.91 Å². The number of hydrogen-bond donors (Lipinski definition) is 0. The van der Waals surface area contributed by atoms with Gasteiger partial charge in [0, 0.05) is 12.8 Å². The smallest absolute Gasteiger partial charge is 0.245 e.